The first-order valence-electron chi connectivity index (χ1n) is 7.02. The second kappa shape index (κ2) is 5.62. The Morgan fingerprint density at radius 2 is 1.81 bits per heavy atom. The Balaban J connectivity index is 1.84. The van der Waals surface area contributed by atoms with Gasteiger partial charge in [0.15, 0.2) is 0 Å². The van der Waals surface area contributed by atoms with Crippen LogP contribution in [0.1, 0.15) is 17.2 Å². The molecule has 4 heteroatoms. The van der Waals surface area contributed by atoms with Gasteiger partial charge in [-0.15, -0.1) is 0 Å². The molecular weight excluding hydrogens is 282 g/mol. The van der Waals surface area contributed by atoms with Crippen molar-refractivity contribution >= 4 is 16.5 Å². The van der Waals surface area contributed by atoms with Gasteiger partial charge < -0.3 is 10.0 Å². The van der Waals surface area contributed by atoms with Crippen LogP contribution in [0.4, 0.5) is 5.69 Å². The molecule has 1 heterocycles. The smallest absolute Gasteiger partial charge is 0.0940 e. The lowest BCUT2D eigenvalue weighted by molar-refractivity contribution is 0.173. The molecule has 3 nitrogen and oxygen atoms in total. The van der Waals surface area contributed by atoms with E-state index in [-0.39, 0.29) is 5.25 Å². The zero-order chi connectivity index (χ0) is 15.0. The molecule has 1 aliphatic rings. The molecular formula is C17H19NO2S. The van der Waals surface area contributed by atoms with Crippen LogP contribution in [0, 0.1) is 0 Å². The van der Waals surface area contributed by atoms with Crippen LogP contribution in [0.15, 0.2) is 53.4 Å². The Labute approximate surface area is 127 Å². The number of hydrogen-bond donors (Lipinski definition) is 1. The van der Waals surface area contributed by atoms with E-state index in [2.05, 4.69) is 0 Å². The molecule has 3 rings (SSSR count). The van der Waals surface area contributed by atoms with Gasteiger partial charge in [0, 0.05) is 24.7 Å². The number of benzene rings is 2. The van der Waals surface area contributed by atoms with Gasteiger partial charge in [-0.25, -0.2) is 0 Å². The summed E-state index contributed by atoms with van der Waals surface area (Å²) in [5.41, 5.74) is 3.00. The lowest BCUT2D eigenvalue weighted by atomic mass is 10.0. The van der Waals surface area contributed by atoms with Crippen LogP contribution >= 0.6 is 0 Å². The Kier molecular flexibility index (Phi) is 3.83. The first-order valence-corrected chi connectivity index (χ1v) is 8.23. The van der Waals surface area contributed by atoms with E-state index in [4.69, 9.17) is 0 Å². The molecule has 1 unspecified atom stereocenters. The lowest BCUT2D eigenvalue weighted by Crippen LogP contribution is -2.21. The van der Waals surface area contributed by atoms with Crippen molar-refractivity contribution in [3.8, 4) is 0 Å². The van der Waals surface area contributed by atoms with E-state index in [0.717, 1.165) is 21.7 Å². The molecule has 0 aromatic heterocycles. The highest BCUT2D eigenvalue weighted by molar-refractivity contribution is 7.86. The van der Waals surface area contributed by atoms with E-state index in [1.807, 2.05) is 67.5 Å². The van der Waals surface area contributed by atoms with E-state index < -0.39 is 16.9 Å². The lowest BCUT2D eigenvalue weighted by Gasteiger charge is -2.19. The Morgan fingerprint density at radius 1 is 1.14 bits per heavy atom. The summed E-state index contributed by atoms with van der Waals surface area (Å²) in [6, 6.07) is 15.5. The highest BCUT2D eigenvalue weighted by atomic mass is 32.2. The SMILES string of the molecule is CN(C)c1ccc([C@H](O)[C@@H]2Cc3ccccc3S2=O)cc1. The third-order valence-electron chi connectivity index (χ3n) is 3.99. The van der Waals surface area contributed by atoms with Crippen LogP contribution in [0.2, 0.25) is 0 Å². The molecule has 0 fully saturated rings. The van der Waals surface area contributed by atoms with Crippen LogP contribution in [0.5, 0.6) is 0 Å². The van der Waals surface area contributed by atoms with Gasteiger partial charge in [-0.05, 0) is 35.7 Å². The maximum atomic E-state index is 12.5. The van der Waals surface area contributed by atoms with Crippen molar-refractivity contribution in [1.29, 1.82) is 0 Å². The second-order valence-electron chi connectivity index (χ2n) is 5.58. The standard InChI is InChI=1S/C17H19NO2S/c1-18(2)14-9-7-12(8-10-14)17(19)16-11-13-5-3-4-6-15(13)21(16)20/h3-10,16-17,19H,11H2,1-2H3/t16-,17-,21?/m0/s1. The van der Waals surface area contributed by atoms with Crippen LogP contribution in [-0.2, 0) is 17.2 Å². The van der Waals surface area contributed by atoms with Crippen molar-refractivity contribution < 1.29 is 9.32 Å². The molecule has 1 N–H and O–H groups in total. The molecule has 0 bridgehead atoms. The van der Waals surface area contributed by atoms with Gasteiger partial charge in [0.1, 0.15) is 0 Å². The predicted octanol–water partition coefficient (Wildman–Crippen LogP) is 2.52. The Hall–Kier alpha value is -1.65. The molecule has 0 saturated carbocycles. The highest BCUT2D eigenvalue weighted by Crippen LogP contribution is 2.35. The largest absolute Gasteiger partial charge is 0.387 e. The number of aliphatic hydroxyl groups excluding tert-OH is 1. The Bertz CT molecular complexity index is 667. The predicted molar refractivity (Wildman–Crippen MR) is 86.1 cm³/mol. The van der Waals surface area contributed by atoms with Crippen molar-refractivity contribution in [3.63, 3.8) is 0 Å². The van der Waals surface area contributed by atoms with Crippen molar-refractivity contribution in [1.82, 2.24) is 0 Å². The van der Waals surface area contributed by atoms with Crippen LogP contribution < -0.4 is 4.90 Å². The topological polar surface area (TPSA) is 40.5 Å². The number of hydrogen-bond acceptors (Lipinski definition) is 3. The fourth-order valence-corrected chi connectivity index (χ4v) is 4.41. The minimum Gasteiger partial charge on any atom is -0.387 e. The number of fused-ring (bicyclic) bond motifs is 1. The van der Waals surface area contributed by atoms with E-state index in [1.165, 1.54) is 0 Å². The van der Waals surface area contributed by atoms with Crippen molar-refractivity contribution in [2.75, 3.05) is 19.0 Å². The molecule has 0 amide bonds. The summed E-state index contributed by atoms with van der Waals surface area (Å²) in [4.78, 5) is 2.88. The second-order valence-corrected chi connectivity index (χ2v) is 7.22. The number of anilines is 1. The zero-order valence-corrected chi connectivity index (χ0v) is 13.0. The summed E-state index contributed by atoms with van der Waals surface area (Å²) in [6.07, 6.45) is -0.0335. The molecule has 0 saturated heterocycles. The molecule has 110 valence electrons. The summed E-state index contributed by atoms with van der Waals surface area (Å²) < 4.78 is 12.5. The van der Waals surface area contributed by atoms with E-state index >= 15 is 0 Å². The van der Waals surface area contributed by atoms with Crippen molar-refractivity contribution in [2.24, 2.45) is 0 Å². The summed E-state index contributed by atoms with van der Waals surface area (Å²) in [7, 11) is 2.82. The fourth-order valence-electron chi connectivity index (χ4n) is 2.74. The molecule has 3 atom stereocenters. The molecule has 2 aromatic carbocycles. The van der Waals surface area contributed by atoms with Gasteiger partial charge in [-0.2, -0.15) is 0 Å². The normalized spacial score (nSPS) is 21.9. The zero-order valence-electron chi connectivity index (χ0n) is 12.2. The van der Waals surface area contributed by atoms with Gasteiger partial charge in [0.05, 0.1) is 22.2 Å². The van der Waals surface area contributed by atoms with Crippen LogP contribution in [-0.4, -0.2) is 28.7 Å². The van der Waals surface area contributed by atoms with Gasteiger partial charge in [-0.3, -0.25) is 4.21 Å². The average Bonchev–Trinajstić information content (AvgIpc) is 2.84. The molecule has 21 heavy (non-hydrogen) atoms. The summed E-state index contributed by atoms with van der Waals surface area (Å²) in [5.74, 6) is 0. The first-order chi connectivity index (χ1) is 10.1. The number of rotatable bonds is 3. The summed E-state index contributed by atoms with van der Waals surface area (Å²) in [5, 5.41) is 10.3. The van der Waals surface area contributed by atoms with Crippen molar-refractivity contribution in [3.05, 3.63) is 59.7 Å². The molecule has 1 aliphatic heterocycles. The average molecular weight is 301 g/mol. The molecule has 0 aliphatic carbocycles. The molecule has 2 aromatic rings. The molecule has 0 spiro atoms. The summed E-state index contributed by atoms with van der Waals surface area (Å²) in [6.45, 7) is 0. The van der Waals surface area contributed by atoms with Crippen LogP contribution in [0.25, 0.3) is 0 Å². The van der Waals surface area contributed by atoms with E-state index in [9.17, 15) is 9.32 Å². The minimum atomic E-state index is -1.14. The van der Waals surface area contributed by atoms with Gasteiger partial charge in [-0.1, -0.05) is 30.3 Å². The maximum absolute atomic E-state index is 12.5. The Morgan fingerprint density at radius 3 is 2.43 bits per heavy atom. The van der Waals surface area contributed by atoms with E-state index in [1.54, 1.807) is 0 Å². The fraction of sp³-hybridized carbons (Fsp3) is 0.294. The van der Waals surface area contributed by atoms with Crippen molar-refractivity contribution in [2.45, 2.75) is 22.7 Å². The van der Waals surface area contributed by atoms with E-state index in [0.29, 0.717) is 6.42 Å². The summed E-state index contributed by atoms with van der Waals surface area (Å²) >= 11 is 0. The quantitative estimate of drug-likeness (QED) is 0.947. The van der Waals surface area contributed by atoms with Gasteiger partial charge in [0.25, 0.3) is 0 Å². The first kappa shape index (κ1) is 14.3. The maximum Gasteiger partial charge on any atom is 0.0940 e. The van der Waals surface area contributed by atoms with Gasteiger partial charge in [0.2, 0.25) is 0 Å². The number of aliphatic hydroxyl groups is 1. The number of nitrogens with zero attached hydrogens (tertiary/aromatic N) is 1. The molecule has 0 radical (unpaired) electrons. The third kappa shape index (κ3) is 2.61. The van der Waals surface area contributed by atoms with Gasteiger partial charge >= 0.3 is 0 Å². The minimum absolute atomic E-state index is 0.257. The van der Waals surface area contributed by atoms with Crippen LogP contribution in [0.3, 0.4) is 0 Å². The monoisotopic (exact) mass is 301 g/mol. The third-order valence-corrected chi connectivity index (χ3v) is 5.79. The highest BCUT2D eigenvalue weighted by Gasteiger charge is 2.34.